The van der Waals surface area contributed by atoms with Crippen molar-refractivity contribution < 1.29 is 18.3 Å². The molecule has 1 N–H and O–H groups in total. The maximum Gasteiger partial charge on any atom is 0.276 e. The highest BCUT2D eigenvalue weighted by atomic mass is 19.1. The molecule has 1 amide bonds. The molecule has 1 aromatic heterocycles. The van der Waals surface area contributed by atoms with Gasteiger partial charge in [-0.25, -0.2) is 8.78 Å². The van der Waals surface area contributed by atoms with E-state index in [2.05, 4.69) is 10.4 Å². The quantitative estimate of drug-likeness (QED) is 0.787. The number of aryl methyl sites for hydroxylation is 1. The van der Waals surface area contributed by atoms with Crippen LogP contribution < -0.4 is 10.1 Å². The molecule has 0 saturated heterocycles. The van der Waals surface area contributed by atoms with Gasteiger partial charge in [0, 0.05) is 24.4 Å². The van der Waals surface area contributed by atoms with Gasteiger partial charge in [-0.15, -0.1) is 0 Å². The van der Waals surface area contributed by atoms with Crippen LogP contribution in [0, 0.1) is 11.6 Å². The third-order valence-electron chi connectivity index (χ3n) is 3.67. The van der Waals surface area contributed by atoms with Crippen molar-refractivity contribution in [2.75, 3.05) is 12.4 Å². The summed E-state index contributed by atoms with van der Waals surface area (Å²) in [4.78, 5) is 12.3. The molecule has 3 aromatic rings. The van der Waals surface area contributed by atoms with Crippen molar-refractivity contribution in [2.45, 2.75) is 0 Å². The molecule has 25 heavy (non-hydrogen) atoms. The van der Waals surface area contributed by atoms with Crippen molar-refractivity contribution in [3.05, 3.63) is 65.9 Å². The third-order valence-corrected chi connectivity index (χ3v) is 3.67. The van der Waals surface area contributed by atoms with Gasteiger partial charge in [0.1, 0.15) is 17.4 Å². The second kappa shape index (κ2) is 6.72. The van der Waals surface area contributed by atoms with Crippen molar-refractivity contribution in [3.63, 3.8) is 0 Å². The first-order valence-corrected chi connectivity index (χ1v) is 7.43. The van der Waals surface area contributed by atoms with Gasteiger partial charge in [0.05, 0.1) is 12.8 Å². The van der Waals surface area contributed by atoms with E-state index in [1.165, 1.54) is 48.2 Å². The van der Waals surface area contributed by atoms with Crippen molar-refractivity contribution in [2.24, 2.45) is 7.05 Å². The lowest BCUT2D eigenvalue weighted by atomic mass is 10.1. The lowest BCUT2D eigenvalue weighted by Gasteiger charge is -2.05. The number of hydrogen-bond donors (Lipinski definition) is 1. The number of amides is 1. The predicted octanol–water partition coefficient (Wildman–Crippen LogP) is 3.63. The highest BCUT2D eigenvalue weighted by Crippen LogP contribution is 2.26. The van der Waals surface area contributed by atoms with Crippen LogP contribution in [0.3, 0.4) is 0 Å². The molecule has 0 spiro atoms. The molecule has 0 radical (unpaired) electrons. The Hall–Kier alpha value is -3.22. The van der Waals surface area contributed by atoms with Crippen molar-refractivity contribution in [3.8, 4) is 17.0 Å². The van der Waals surface area contributed by atoms with E-state index in [9.17, 15) is 13.6 Å². The highest BCUT2D eigenvalue weighted by molar-refractivity contribution is 6.03. The molecule has 1 heterocycles. The molecule has 0 fully saturated rings. The van der Waals surface area contributed by atoms with E-state index < -0.39 is 17.5 Å². The summed E-state index contributed by atoms with van der Waals surface area (Å²) in [5.41, 5.74) is 1.31. The number of aromatic nitrogens is 2. The molecule has 0 aliphatic rings. The predicted molar refractivity (Wildman–Crippen MR) is 89.5 cm³/mol. The molecule has 0 aliphatic carbocycles. The largest absolute Gasteiger partial charge is 0.497 e. The van der Waals surface area contributed by atoms with E-state index in [4.69, 9.17) is 4.74 Å². The minimum atomic E-state index is -0.479. The van der Waals surface area contributed by atoms with Crippen molar-refractivity contribution >= 4 is 11.6 Å². The maximum atomic E-state index is 14.2. The lowest BCUT2D eigenvalue weighted by molar-refractivity contribution is 0.102. The zero-order chi connectivity index (χ0) is 18.0. The van der Waals surface area contributed by atoms with Gasteiger partial charge in [-0.1, -0.05) is 0 Å². The van der Waals surface area contributed by atoms with E-state index >= 15 is 0 Å². The Labute approximate surface area is 142 Å². The first-order chi connectivity index (χ1) is 12.0. The minimum absolute atomic E-state index is 0.122. The number of methoxy groups -OCH3 is 1. The Bertz CT molecular complexity index is 921. The van der Waals surface area contributed by atoms with Gasteiger partial charge in [0.2, 0.25) is 0 Å². The van der Waals surface area contributed by atoms with Crippen LogP contribution in [0.1, 0.15) is 10.5 Å². The van der Waals surface area contributed by atoms with Crippen LogP contribution in [0.2, 0.25) is 0 Å². The summed E-state index contributed by atoms with van der Waals surface area (Å²) in [6.45, 7) is 0. The first-order valence-electron chi connectivity index (χ1n) is 7.43. The second-order valence-corrected chi connectivity index (χ2v) is 5.35. The monoisotopic (exact) mass is 343 g/mol. The lowest BCUT2D eigenvalue weighted by Crippen LogP contribution is -2.12. The van der Waals surface area contributed by atoms with Crippen LogP contribution in [0.25, 0.3) is 11.3 Å². The van der Waals surface area contributed by atoms with E-state index in [1.807, 2.05) is 0 Å². The zero-order valence-electron chi connectivity index (χ0n) is 13.6. The fourth-order valence-corrected chi connectivity index (χ4v) is 2.39. The summed E-state index contributed by atoms with van der Waals surface area (Å²) >= 11 is 0. The van der Waals surface area contributed by atoms with E-state index in [0.717, 1.165) is 0 Å². The Kier molecular flexibility index (Phi) is 4.47. The van der Waals surface area contributed by atoms with E-state index in [1.54, 1.807) is 19.2 Å². The maximum absolute atomic E-state index is 14.2. The van der Waals surface area contributed by atoms with Gasteiger partial charge < -0.3 is 10.1 Å². The molecule has 128 valence electrons. The van der Waals surface area contributed by atoms with Gasteiger partial charge in [-0.2, -0.15) is 5.10 Å². The van der Waals surface area contributed by atoms with Gasteiger partial charge in [0.25, 0.3) is 5.91 Å². The third kappa shape index (κ3) is 3.50. The van der Waals surface area contributed by atoms with Gasteiger partial charge in [0.15, 0.2) is 5.69 Å². The molecule has 7 heteroatoms. The minimum Gasteiger partial charge on any atom is -0.497 e. The average molecular weight is 343 g/mol. The number of nitrogens with zero attached hydrogens (tertiary/aromatic N) is 2. The van der Waals surface area contributed by atoms with Crippen LogP contribution in [0.4, 0.5) is 14.5 Å². The summed E-state index contributed by atoms with van der Waals surface area (Å²) < 4.78 is 33.6. The number of benzene rings is 2. The number of carbonyl (C=O) groups excluding carboxylic acids is 1. The van der Waals surface area contributed by atoms with Crippen LogP contribution in [-0.2, 0) is 7.05 Å². The summed E-state index contributed by atoms with van der Waals surface area (Å²) in [7, 11) is 3.07. The number of anilines is 1. The second-order valence-electron chi connectivity index (χ2n) is 5.35. The molecule has 5 nitrogen and oxygen atoms in total. The normalized spacial score (nSPS) is 10.6. The molecule has 2 aromatic carbocycles. The van der Waals surface area contributed by atoms with Crippen LogP contribution in [0.15, 0.2) is 48.5 Å². The standard InChI is InChI=1S/C18H15F2N3O2/c1-23-17(14-8-7-13(25-2)9-15(14)20)10-16(22-23)18(24)21-12-5-3-11(19)4-6-12/h3-10H,1-2H3,(H,21,24). The Balaban J connectivity index is 1.87. The zero-order valence-corrected chi connectivity index (χ0v) is 13.6. The molecule has 0 unspecified atom stereocenters. The number of halogens is 2. The Morgan fingerprint density at radius 1 is 1.12 bits per heavy atom. The fraction of sp³-hybridized carbons (Fsp3) is 0.111. The van der Waals surface area contributed by atoms with Gasteiger partial charge in [-0.05, 0) is 42.5 Å². The topological polar surface area (TPSA) is 56.1 Å². The van der Waals surface area contributed by atoms with E-state index in [-0.39, 0.29) is 5.69 Å². The SMILES string of the molecule is COc1ccc(-c2cc(C(=O)Nc3ccc(F)cc3)nn2C)c(F)c1. The first kappa shape index (κ1) is 16.6. The van der Waals surface area contributed by atoms with E-state index in [0.29, 0.717) is 22.7 Å². The molecule has 3 rings (SSSR count). The Morgan fingerprint density at radius 2 is 1.84 bits per heavy atom. The number of ether oxygens (including phenoxy) is 1. The summed E-state index contributed by atoms with van der Waals surface area (Å²) in [6.07, 6.45) is 0. The molecular formula is C18H15F2N3O2. The van der Waals surface area contributed by atoms with Crippen LogP contribution in [0.5, 0.6) is 5.75 Å². The molecule has 0 saturated carbocycles. The summed E-state index contributed by atoms with van der Waals surface area (Å²) in [5, 5.41) is 6.73. The van der Waals surface area contributed by atoms with Crippen LogP contribution in [-0.4, -0.2) is 22.8 Å². The number of hydrogen-bond acceptors (Lipinski definition) is 3. The Morgan fingerprint density at radius 3 is 2.48 bits per heavy atom. The molecule has 0 aliphatic heterocycles. The highest BCUT2D eigenvalue weighted by Gasteiger charge is 2.17. The summed E-state index contributed by atoms with van der Waals surface area (Å²) in [5.74, 6) is -0.944. The van der Waals surface area contributed by atoms with Crippen molar-refractivity contribution in [1.29, 1.82) is 0 Å². The van der Waals surface area contributed by atoms with Crippen LogP contribution >= 0.6 is 0 Å². The van der Waals surface area contributed by atoms with Gasteiger partial charge >= 0.3 is 0 Å². The fourth-order valence-electron chi connectivity index (χ4n) is 2.39. The number of rotatable bonds is 4. The molecule has 0 bridgehead atoms. The van der Waals surface area contributed by atoms with Gasteiger partial charge in [-0.3, -0.25) is 9.48 Å². The average Bonchev–Trinajstić information content (AvgIpc) is 2.98. The molecular weight excluding hydrogens is 328 g/mol. The number of nitrogens with one attached hydrogen (secondary N) is 1. The number of carbonyl (C=O) groups is 1. The summed E-state index contributed by atoms with van der Waals surface area (Å²) in [6, 6.07) is 11.3. The smallest absolute Gasteiger partial charge is 0.276 e. The van der Waals surface area contributed by atoms with Crippen molar-refractivity contribution in [1.82, 2.24) is 9.78 Å². The molecule has 0 atom stereocenters.